The monoisotopic (exact) mass is 467 g/mol. The third kappa shape index (κ3) is 3.91. The molecule has 1 amide bonds. The molecule has 0 saturated carbocycles. The average Bonchev–Trinajstić information content (AvgIpc) is 3.51. The summed E-state index contributed by atoms with van der Waals surface area (Å²) in [5.74, 6) is -0.0716. The smallest absolute Gasteiger partial charge is 0.252 e. The fourth-order valence-electron chi connectivity index (χ4n) is 4.03. The molecule has 4 aromatic rings. The lowest BCUT2D eigenvalue weighted by atomic mass is 10.1. The normalized spacial score (nSPS) is 17.6. The molecule has 1 saturated heterocycles. The molecule has 0 radical (unpaired) electrons. The van der Waals surface area contributed by atoms with Crippen molar-refractivity contribution in [1.82, 2.24) is 25.1 Å². The molecule has 0 spiro atoms. The summed E-state index contributed by atoms with van der Waals surface area (Å²) in [6.45, 7) is 2.12. The van der Waals surface area contributed by atoms with Crippen molar-refractivity contribution >= 4 is 38.1 Å². The molecule has 0 aliphatic carbocycles. The molecule has 5 rings (SSSR count). The number of thiophene rings is 1. The van der Waals surface area contributed by atoms with Crippen LogP contribution in [0.2, 0.25) is 0 Å². The van der Waals surface area contributed by atoms with Gasteiger partial charge in [-0.25, -0.2) is 18.1 Å². The van der Waals surface area contributed by atoms with Crippen molar-refractivity contribution in [3.63, 3.8) is 0 Å². The van der Waals surface area contributed by atoms with Crippen molar-refractivity contribution in [2.75, 3.05) is 11.5 Å². The molecule has 1 unspecified atom stereocenters. The van der Waals surface area contributed by atoms with E-state index >= 15 is 0 Å². The highest BCUT2D eigenvalue weighted by Crippen LogP contribution is 2.33. The van der Waals surface area contributed by atoms with Gasteiger partial charge in [-0.3, -0.25) is 9.78 Å². The van der Waals surface area contributed by atoms with Gasteiger partial charge < -0.3 is 5.32 Å². The van der Waals surface area contributed by atoms with E-state index in [0.717, 1.165) is 10.6 Å². The van der Waals surface area contributed by atoms with Gasteiger partial charge in [0.25, 0.3) is 5.91 Å². The SMILES string of the molecule is Cc1nn(C2CCS(=O)(=O)C2)c2nc(-c3cccs3)cc(C(=O)NCc3ccccn3)c12. The maximum absolute atomic E-state index is 13.2. The van der Waals surface area contributed by atoms with E-state index in [1.165, 1.54) is 11.3 Å². The fraction of sp³-hybridized carbons (Fsp3) is 0.273. The second kappa shape index (κ2) is 8.10. The summed E-state index contributed by atoms with van der Waals surface area (Å²) in [5, 5.41) is 10.2. The molecule has 1 fully saturated rings. The van der Waals surface area contributed by atoms with Gasteiger partial charge in [-0.1, -0.05) is 12.1 Å². The van der Waals surface area contributed by atoms with E-state index in [2.05, 4.69) is 15.4 Å². The Morgan fingerprint density at radius 2 is 2.16 bits per heavy atom. The second-order valence-corrected chi connectivity index (χ2v) is 11.0. The van der Waals surface area contributed by atoms with E-state index < -0.39 is 9.84 Å². The number of amides is 1. The minimum absolute atomic E-state index is 0.0370. The zero-order valence-electron chi connectivity index (χ0n) is 17.4. The van der Waals surface area contributed by atoms with Crippen LogP contribution in [-0.2, 0) is 16.4 Å². The van der Waals surface area contributed by atoms with Gasteiger partial charge in [0, 0.05) is 6.20 Å². The summed E-state index contributed by atoms with van der Waals surface area (Å²) in [7, 11) is -3.09. The number of rotatable bonds is 5. The van der Waals surface area contributed by atoms with Crippen LogP contribution < -0.4 is 5.32 Å². The van der Waals surface area contributed by atoms with Crippen molar-refractivity contribution in [3.8, 4) is 10.6 Å². The Kier molecular flexibility index (Phi) is 5.26. The molecule has 10 heteroatoms. The van der Waals surface area contributed by atoms with Crippen molar-refractivity contribution in [1.29, 1.82) is 0 Å². The van der Waals surface area contributed by atoms with E-state index in [1.807, 2.05) is 42.6 Å². The molecule has 0 aromatic carbocycles. The van der Waals surface area contributed by atoms with Gasteiger partial charge in [0.05, 0.1) is 57.0 Å². The highest BCUT2D eigenvalue weighted by Gasteiger charge is 2.32. The molecule has 0 bridgehead atoms. The minimum atomic E-state index is -3.09. The number of nitrogens with one attached hydrogen (secondary N) is 1. The minimum Gasteiger partial charge on any atom is -0.346 e. The summed E-state index contributed by atoms with van der Waals surface area (Å²) in [5.41, 5.74) is 3.08. The van der Waals surface area contributed by atoms with Crippen LogP contribution >= 0.6 is 11.3 Å². The Hall–Kier alpha value is -3.11. The van der Waals surface area contributed by atoms with Crippen molar-refractivity contribution in [2.24, 2.45) is 0 Å². The van der Waals surface area contributed by atoms with Crippen molar-refractivity contribution < 1.29 is 13.2 Å². The summed E-state index contributed by atoms with van der Waals surface area (Å²) in [6, 6.07) is 10.9. The first-order valence-corrected chi connectivity index (χ1v) is 12.9. The number of aryl methyl sites for hydroxylation is 1. The van der Waals surface area contributed by atoms with Gasteiger partial charge in [-0.2, -0.15) is 5.10 Å². The molecule has 8 nitrogen and oxygen atoms in total. The van der Waals surface area contributed by atoms with Gasteiger partial charge in [0.1, 0.15) is 0 Å². The van der Waals surface area contributed by atoms with E-state index in [4.69, 9.17) is 4.98 Å². The lowest BCUT2D eigenvalue weighted by molar-refractivity contribution is 0.0952. The van der Waals surface area contributed by atoms with E-state index in [1.54, 1.807) is 16.9 Å². The van der Waals surface area contributed by atoms with E-state index in [-0.39, 0.29) is 23.5 Å². The highest BCUT2D eigenvalue weighted by molar-refractivity contribution is 7.91. The zero-order valence-corrected chi connectivity index (χ0v) is 19.0. The molecule has 1 aliphatic heterocycles. The van der Waals surface area contributed by atoms with Crippen LogP contribution in [0.25, 0.3) is 21.6 Å². The van der Waals surface area contributed by atoms with Crippen LogP contribution in [0.3, 0.4) is 0 Å². The maximum atomic E-state index is 13.2. The quantitative estimate of drug-likeness (QED) is 0.483. The second-order valence-electron chi connectivity index (χ2n) is 7.82. The number of pyridine rings is 2. The molecule has 5 heterocycles. The number of carbonyl (C=O) groups is 1. The molecule has 164 valence electrons. The molecular formula is C22H21N5O3S2. The van der Waals surface area contributed by atoms with Crippen molar-refractivity contribution in [2.45, 2.75) is 25.9 Å². The predicted molar refractivity (Wildman–Crippen MR) is 123 cm³/mol. The zero-order chi connectivity index (χ0) is 22.3. The number of aromatic nitrogens is 4. The maximum Gasteiger partial charge on any atom is 0.252 e. The summed E-state index contributed by atoms with van der Waals surface area (Å²) in [4.78, 5) is 23.2. The standard InChI is InChI=1S/C22H21N5O3S2/c1-14-20-17(22(28)24-12-15-5-2-3-8-23-15)11-18(19-6-4-9-31-19)25-21(20)27(26-14)16-7-10-32(29,30)13-16/h2-6,8-9,11,16H,7,10,12-13H2,1H3,(H,24,28). The topological polar surface area (TPSA) is 107 Å². The largest absolute Gasteiger partial charge is 0.346 e. The number of sulfone groups is 1. The number of hydrogen-bond donors (Lipinski definition) is 1. The molecule has 1 N–H and O–H groups in total. The highest BCUT2D eigenvalue weighted by atomic mass is 32.2. The van der Waals surface area contributed by atoms with Gasteiger partial charge in [0.15, 0.2) is 15.5 Å². The van der Waals surface area contributed by atoms with Crippen LogP contribution in [-0.4, -0.2) is 45.6 Å². The van der Waals surface area contributed by atoms with Crippen LogP contribution in [0.1, 0.15) is 34.2 Å². The lowest BCUT2D eigenvalue weighted by Crippen LogP contribution is -2.24. The van der Waals surface area contributed by atoms with Gasteiger partial charge in [-0.05, 0) is 43.0 Å². The van der Waals surface area contributed by atoms with E-state index in [9.17, 15) is 13.2 Å². The molecular weight excluding hydrogens is 446 g/mol. The van der Waals surface area contributed by atoms with E-state index in [0.29, 0.717) is 41.0 Å². The van der Waals surface area contributed by atoms with Crippen LogP contribution in [0.15, 0.2) is 48.0 Å². The molecule has 1 aliphatic rings. The van der Waals surface area contributed by atoms with Gasteiger partial charge >= 0.3 is 0 Å². The predicted octanol–water partition coefficient (Wildman–Crippen LogP) is 3.15. The lowest BCUT2D eigenvalue weighted by Gasteiger charge is -2.12. The van der Waals surface area contributed by atoms with Crippen molar-refractivity contribution in [3.05, 3.63) is 64.9 Å². The third-order valence-electron chi connectivity index (χ3n) is 5.57. The molecule has 4 aromatic heterocycles. The fourth-order valence-corrected chi connectivity index (χ4v) is 6.41. The van der Waals surface area contributed by atoms with Gasteiger partial charge in [0.2, 0.25) is 0 Å². The Labute approximate surface area is 189 Å². The number of fused-ring (bicyclic) bond motifs is 1. The third-order valence-corrected chi connectivity index (χ3v) is 8.21. The number of hydrogen-bond acceptors (Lipinski definition) is 7. The number of nitrogens with zero attached hydrogens (tertiary/aromatic N) is 4. The Morgan fingerprint density at radius 3 is 2.84 bits per heavy atom. The Bertz CT molecular complexity index is 1400. The number of carbonyl (C=O) groups excluding carboxylic acids is 1. The van der Waals surface area contributed by atoms with Crippen LogP contribution in [0.5, 0.6) is 0 Å². The summed E-state index contributed by atoms with van der Waals surface area (Å²) >= 11 is 1.53. The van der Waals surface area contributed by atoms with Gasteiger partial charge in [-0.15, -0.1) is 11.3 Å². The molecule has 1 atom stereocenters. The van der Waals surface area contributed by atoms with Crippen LogP contribution in [0.4, 0.5) is 0 Å². The Balaban J connectivity index is 1.60. The summed E-state index contributed by atoms with van der Waals surface area (Å²) < 4.78 is 25.8. The first-order valence-electron chi connectivity index (χ1n) is 10.2. The summed E-state index contributed by atoms with van der Waals surface area (Å²) in [6.07, 6.45) is 2.18. The molecule has 32 heavy (non-hydrogen) atoms. The first-order chi connectivity index (χ1) is 15.4. The average molecular weight is 468 g/mol. The van der Waals surface area contributed by atoms with Crippen LogP contribution in [0, 0.1) is 6.92 Å². The Morgan fingerprint density at radius 1 is 1.28 bits per heavy atom. The first kappa shape index (κ1) is 20.8.